The average molecular weight is 268 g/mol. The highest BCUT2D eigenvalue weighted by Gasteiger charge is 2.16. The Hall–Kier alpha value is -2.67. The molecule has 0 bridgehead atoms. The summed E-state index contributed by atoms with van der Waals surface area (Å²) in [5, 5.41) is 12.6. The van der Waals surface area contributed by atoms with Gasteiger partial charge in [-0.15, -0.1) is 0 Å². The number of nitrogens with zero attached hydrogens (tertiary/aromatic N) is 1. The van der Waals surface area contributed by atoms with Crippen molar-refractivity contribution in [3.8, 4) is 17.6 Å². The van der Waals surface area contributed by atoms with Gasteiger partial charge in [-0.25, -0.2) is 0 Å². The van der Waals surface area contributed by atoms with Gasteiger partial charge in [-0.3, -0.25) is 0 Å². The van der Waals surface area contributed by atoms with Gasteiger partial charge in [0, 0.05) is 11.3 Å². The molecule has 0 fully saturated rings. The van der Waals surface area contributed by atoms with Gasteiger partial charge in [0.1, 0.15) is 17.5 Å². The fraction of sp³-hybridized carbons (Fsp3) is 0.188. The normalized spacial score (nSPS) is 11.2. The topological polar surface area (TPSA) is 54.3 Å². The molecule has 0 aromatic heterocycles. The first-order chi connectivity index (χ1) is 9.78. The molecule has 0 saturated carbocycles. The van der Waals surface area contributed by atoms with E-state index >= 15 is 0 Å². The van der Waals surface area contributed by atoms with Crippen molar-refractivity contribution in [3.63, 3.8) is 0 Å². The van der Waals surface area contributed by atoms with E-state index in [1.54, 1.807) is 26.4 Å². The monoisotopic (exact) mass is 268 g/mol. The van der Waals surface area contributed by atoms with Crippen LogP contribution in [0, 0.1) is 11.3 Å². The van der Waals surface area contributed by atoms with Crippen molar-refractivity contribution in [2.75, 3.05) is 19.5 Å². The first kappa shape index (κ1) is 13.8. The molecule has 102 valence electrons. The molecule has 0 saturated heterocycles. The summed E-state index contributed by atoms with van der Waals surface area (Å²) in [7, 11) is 3.18. The Morgan fingerprint density at radius 2 is 1.80 bits per heavy atom. The van der Waals surface area contributed by atoms with Gasteiger partial charge in [-0.05, 0) is 30.3 Å². The molecule has 4 nitrogen and oxygen atoms in total. The fourth-order valence-electron chi connectivity index (χ4n) is 1.95. The van der Waals surface area contributed by atoms with Gasteiger partial charge in [0.25, 0.3) is 0 Å². The van der Waals surface area contributed by atoms with Crippen LogP contribution in [0.25, 0.3) is 0 Å². The van der Waals surface area contributed by atoms with Crippen molar-refractivity contribution >= 4 is 5.69 Å². The molecular formula is C16H16N2O2. The maximum absolute atomic E-state index is 9.42. The Morgan fingerprint density at radius 3 is 2.40 bits per heavy atom. The molecule has 1 unspecified atom stereocenters. The Bertz CT molecular complexity index is 606. The second-order valence-corrected chi connectivity index (χ2v) is 4.18. The van der Waals surface area contributed by atoms with Crippen LogP contribution in [0.3, 0.4) is 0 Å². The molecule has 2 aromatic rings. The van der Waals surface area contributed by atoms with Gasteiger partial charge in [-0.1, -0.05) is 18.2 Å². The lowest BCUT2D eigenvalue weighted by molar-refractivity contribution is 0.398. The van der Waals surface area contributed by atoms with Crippen LogP contribution in [0.5, 0.6) is 11.5 Å². The van der Waals surface area contributed by atoms with Crippen LogP contribution >= 0.6 is 0 Å². The van der Waals surface area contributed by atoms with E-state index in [-0.39, 0.29) is 0 Å². The summed E-state index contributed by atoms with van der Waals surface area (Å²) >= 11 is 0. The zero-order valence-corrected chi connectivity index (χ0v) is 11.5. The second-order valence-electron chi connectivity index (χ2n) is 4.18. The lowest BCUT2D eigenvalue weighted by Crippen LogP contribution is -2.10. The van der Waals surface area contributed by atoms with Crippen LogP contribution in [0.15, 0.2) is 48.5 Å². The van der Waals surface area contributed by atoms with Crippen LogP contribution in [0.2, 0.25) is 0 Å². The first-order valence-electron chi connectivity index (χ1n) is 6.21. The number of para-hydroxylation sites is 1. The van der Waals surface area contributed by atoms with Gasteiger partial charge >= 0.3 is 0 Å². The zero-order valence-electron chi connectivity index (χ0n) is 11.5. The summed E-state index contributed by atoms with van der Waals surface area (Å²) in [6.45, 7) is 0. The fourth-order valence-corrected chi connectivity index (χ4v) is 1.95. The standard InChI is InChI=1S/C16H16N2O2/c1-19-13-8-9-16(20-2)14(10-13)15(11-17)18-12-6-4-3-5-7-12/h3-10,15,18H,1-2H3. The molecule has 0 aliphatic rings. The van der Waals surface area contributed by atoms with E-state index < -0.39 is 6.04 Å². The lowest BCUT2D eigenvalue weighted by Gasteiger charge is -2.17. The van der Waals surface area contributed by atoms with E-state index in [4.69, 9.17) is 9.47 Å². The summed E-state index contributed by atoms with van der Waals surface area (Å²) in [5.41, 5.74) is 1.63. The van der Waals surface area contributed by atoms with Gasteiger partial charge in [0.2, 0.25) is 0 Å². The number of hydrogen-bond acceptors (Lipinski definition) is 4. The van der Waals surface area contributed by atoms with Crippen molar-refractivity contribution in [2.24, 2.45) is 0 Å². The SMILES string of the molecule is COc1ccc(OC)c(C(C#N)Nc2ccccc2)c1. The minimum atomic E-state index is -0.512. The maximum Gasteiger partial charge on any atom is 0.143 e. The van der Waals surface area contributed by atoms with Gasteiger partial charge < -0.3 is 14.8 Å². The van der Waals surface area contributed by atoms with Crippen LogP contribution in [-0.4, -0.2) is 14.2 Å². The molecule has 0 radical (unpaired) electrons. The third-order valence-electron chi connectivity index (χ3n) is 2.96. The largest absolute Gasteiger partial charge is 0.497 e. The molecule has 0 amide bonds. The number of anilines is 1. The number of nitriles is 1. The summed E-state index contributed by atoms with van der Waals surface area (Å²) < 4.78 is 10.5. The number of benzene rings is 2. The third kappa shape index (κ3) is 3.01. The highest BCUT2D eigenvalue weighted by molar-refractivity contribution is 5.51. The molecule has 20 heavy (non-hydrogen) atoms. The number of rotatable bonds is 5. The van der Waals surface area contributed by atoms with E-state index in [1.807, 2.05) is 36.4 Å². The Morgan fingerprint density at radius 1 is 1.05 bits per heavy atom. The number of ether oxygens (including phenoxy) is 2. The van der Waals surface area contributed by atoms with Gasteiger partial charge in [-0.2, -0.15) is 5.26 Å². The molecule has 4 heteroatoms. The van der Waals surface area contributed by atoms with E-state index in [0.29, 0.717) is 11.5 Å². The number of nitrogens with one attached hydrogen (secondary N) is 1. The molecule has 2 aromatic carbocycles. The second kappa shape index (κ2) is 6.48. The van der Waals surface area contributed by atoms with Crippen molar-refractivity contribution in [1.82, 2.24) is 0 Å². The Labute approximate surface area is 118 Å². The van der Waals surface area contributed by atoms with Crippen molar-refractivity contribution in [3.05, 3.63) is 54.1 Å². The number of methoxy groups -OCH3 is 2. The Kier molecular flexibility index (Phi) is 4.46. The number of hydrogen-bond donors (Lipinski definition) is 1. The molecule has 1 atom stereocenters. The zero-order chi connectivity index (χ0) is 14.4. The predicted octanol–water partition coefficient (Wildman–Crippen LogP) is 3.38. The van der Waals surface area contributed by atoms with Crippen LogP contribution in [0.1, 0.15) is 11.6 Å². The molecule has 0 aliphatic heterocycles. The third-order valence-corrected chi connectivity index (χ3v) is 2.96. The van der Waals surface area contributed by atoms with Crippen molar-refractivity contribution in [1.29, 1.82) is 5.26 Å². The minimum absolute atomic E-state index is 0.512. The first-order valence-corrected chi connectivity index (χ1v) is 6.21. The van der Waals surface area contributed by atoms with Gasteiger partial charge in [0.05, 0.1) is 20.3 Å². The predicted molar refractivity (Wildman–Crippen MR) is 78.0 cm³/mol. The molecule has 0 spiro atoms. The molecule has 0 aliphatic carbocycles. The molecule has 1 N–H and O–H groups in total. The quantitative estimate of drug-likeness (QED) is 0.903. The summed E-state index contributed by atoms with van der Waals surface area (Å²) in [4.78, 5) is 0. The van der Waals surface area contributed by atoms with Gasteiger partial charge in [0.15, 0.2) is 0 Å². The molecule has 0 heterocycles. The summed E-state index contributed by atoms with van der Waals surface area (Å²) in [5.74, 6) is 1.34. The highest BCUT2D eigenvalue weighted by Crippen LogP contribution is 2.31. The molecular weight excluding hydrogens is 252 g/mol. The van der Waals surface area contributed by atoms with Crippen LogP contribution in [0.4, 0.5) is 5.69 Å². The van der Waals surface area contributed by atoms with Crippen LogP contribution in [-0.2, 0) is 0 Å². The minimum Gasteiger partial charge on any atom is -0.497 e. The summed E-state index contributed by atoms with van der Waals surface area (Å²) in [6, 6.07) is 16.7. The highest BCUT2D eigenvalue weighted by atomic mass is 16.5. The van der Waals surface area contributed by atoms with E-state index in [0.717, 1.165) is 11.3 Å². The van der Waals surface area contributed by atoms with Crippen molar-refractivity contribution in [2.45, 2.75) is 6.04 Å². The van der Waals surface area contributed by atoms with E-state index in [1.165, 1.54) is 0 Å². The Balaban J connectivity index is 2.34. The summed E-state index contributed by atoms with van der Waals surface area (Å²) in [6.07, 6.45) is 0. The average Bonchev–Trinajstić information content (AvgIpc) is 2.53. The van der Waals surface area contributed by atoms with Crippen LogP contribution < -0.4 is 14.8 Å². The smallest absolute Gasteiger partial charge is 0.143 e. The molecule has 2 rings (SSSR count). The van der Waals surface area contributed by atoms with Crippen molar-refractivity contribution < 1.29 is 9.47 Å². The maximum atomic E-state index is 9.42. The van der Waals surface area contributed by atoms with E-state index in [9.17, 15) is 5.26 Å². The lowest BCUT2D eigenvalue weighted by atomic mass is 10.1. The van der Waals surface area contributed by atoms with E-state index in [2.05, 4.69) is 11.4 Å².